The second-order valence-corrected chi connectivity index (χ2v) is 5.99. The van der Waals surface area contributed by atoms with E-state index in [1.165, 1.54) is 18.2 Å². The third kappa shape index (κ3) is 4.24. The first-order chi connectivity index (χ1) is 11.6. The zero-order valence-electron chi connectivity index (χ0n) is 12.9. The molecule has 3 rings (SSSR count). The van der Waals surface area contributed by atoms with Crippen LogP contribution in [0.2, 0.25) is 5.02 Å². The number of hydrogen-bond donors (Lipinski definition) is 1. The van der Waals surface area contributed by atoms with Gasteiger partial charge >= 0.3 is 0 Å². The van der Waals surface area contributed by atoms with Crippen LogP contribution in [0, 0.1) is 5.82 Å². The van der Waals surface area contributed by atoms with Crippen LogP contribution in [0.5, 0.6) is 5.75 Å². The van der Waals surface area contributed by atoms with Crippen molar-refractivity contribution in [2.45, 2.75) is 18.9 Å². The Balaban J connectivity index is 1.59. The fraction of sp³-hybridized carbons (Fsp3) is 0.278. The predicted octanol–water partition coefficient (Wildman–Crippen LogP) is 4.29. The summed E-state index contributed by atoms with van der Waals surface area (Å²) in [6, 6.07) is 10.8. The maximum atomic E-state index is 13.7. The van der Waals surface area contributed by atoms with Crippen molar-refractivity contribution in [1.29, 1.82) is 0 Å². The number of carbonyl (C=O) groups excluding carboxylic acids is 1. The van der Waals surface area contributed by atoms with E-state index in [9.17, 15) is 9.18 Å². The molecule has 0 aromatic heterocycles. The van der Waals surface area contributed by atoms with E-state index in [2.05, 4.69) is 5.32 Å². The third-order valence-electron chi connectivity index (χ3n) is 3.75. The Bertz CT molecular complexity index is 715. The lowest BCUT2D eigenvalue weighted by Crippen LogP contribution is -2.16. The summed E-state index contributed by atoms with van der Waals surface area (Å²) in [6.45, 7) is 1.30. The SMILES string of the molecule is O=C(Nc1ccc(OCC2CCCO2)cc1)c1cc(Cl)ccc1F. The van der Waals surface area contributed by atoms with Crippen LogP contribution in [0.4, 0.5) is 10.1 Å². The Hall–Kier alpha value is -2.11. The molecular weight excluding hydrogens is 333 g/mol. The molecule has 1 N–H and O–H groups in total. The second kappa shape index (κ2) is 7.64. The number of rotatable bonds is 5. The highest BCUT2D eigenvalue weighted by molar-refractivity contribution is 6.31. The maximum Gasteiger partial charge on any atom is 0.258 e. The normalized spacial score (nSPS) is 16.8. The van der Waals surface area contributed by atoms with Crippen molar-refractivity contribution in [1.82, 2.24) is 0 Å². The van der Waals surface area contributed by atoms with Crippen LogP contribution in [0.25, 0.3) is 0 Å². The molecule has 0 radical (unpaired) electrons. The predicted molar refractivity (Wildman–Crippen MR) is 90.3 cm³/mol. The van der Waals surface area contributed by atoms with Gasteiger partial charge in [-0.2, -0.15) is 0 Å². The first-order valence-corrected chi connectivity index (χ1v) is 8.10. The number of hydrogen-bond acceptors (Lipinski definition) is 3. The van der Waals surface area contributed by atoms with Gasteiger partial charge in [0.1, 0.15) is 18.2 Å². The van der Waals surface area contributed by atoms with Gasteiger partial charge in [0, 0.05) is 17.3 Å². The lowest BCUT2D eigenvalue weighted by atomic mass is 10.2. The highest BCUT2D eigenvalue weighted by Gasteiger charge is 2.16. The highest BCUT2D eigenvalue weighted by Crippen LogP contribution is 2.20. The molecular formula is C18H17ClFNO3. The van der Waals surface area contributed by atoms with Crippen molar-refractivity contribution in [3.8, 4) is 5.75 Å². The molecule has 6 heteroatoms. The molecule has 1 saturated heterocycles. The van der Waals surface area contributed by atoms with Crippen molar-refractivity contribution in [2.75, 3.05) is 18.5 Å². The number of nitrogens with one attached hydrogen (secondary N) is 1. The van der Waals surface area contributed by atoms with E-state index in [1.807, 2.05) is 0 Å². The van der Waals surface area contributed by atoms with Crippen LogP contribution in [0.1, 0.15) is 23.2 Å². The zero-order chi connectivity index (χ0) is 16.9. The quantitative estimate of drug-likeness (QED) is 0.876. The minimum absolute atomic E-state index is 0.0961. The molecule has 1 fully saturated rings. The van der Waals surface area contributed by atoms with Crippen molar-refractivity contribution >= 4 is 23.2 Å². The fourth-order valence-corrected chi connectivity index (χ4v) is 2.64. The zero-order valence-corrected chi connectivity index (χ0v) is 13.7. The summed E-state index contributed by atoms with van der Waals surface area (Å²) in [4.78, 5) is 12.1. The van der Waals surface area contributed by atoms with Crippen LogP contribution in [0.15, 0.2) is 42.5 Å². The summed E-state index contributed by atoms with van der Waals surface area (Å²) in [5.41, 5.74) is 0.449. The second-order valence-electron chi connectivity index (χ2n) is 5.55. The third-order valence-corrected chi connectivity index (χ3v) is 3.98. The molecule has 2 aromatic rings. The largest absolute Gasteiger partial charge is 0.491 e. The average molecular weight is 350 g/mol. The summed E-state index contributed by atoms with van der Waals surface area (Å²) in [7, 11) is 0. The smallest absolute Gasteiger partial charge is 0.258 e. The van der Waals surface area contributed by atoms with Crippen LogP contribution < -0.4 is 10.1 Å². The van der Waals surface area contributed by atoms with Crippen molar-refractivity contribution in [2.24, 2.45) is 0 Å². The van der Waals surface area contributed by atoms with Crippen molar-refractivity contribution < 1.29 is 18.7 Å². The lowest BCUT2D eigenvalue weighted by molar-refractivity contribution is 0.0679. The monoisotopic (exact) mass is 349 g/mol. The molecule has 1 unspecified atom stereocenters. The van der Waals surface area contributed by atoms with Gasteiger partial charge in [0.15, 0.2) is 0 Å². The maximum absolute atomic E-state index is 13.7. The molecule has 0 bridgehead atoms. The Morgan fingerprint density at radius 2 is 2.08 bits per heavy atom. The molecule has 1 heterocycles. The first-order valence-electron chi connectivity index (χ1n) is 7.73. The summed E-state index contributed by atoms with van der Waals surface area (Å²) in [5, 5.41) is 2.94. The molecule has 1 atom stereocenters. The fourth-order valence-electron chi connectivity index (χ4n) is 2.47. The number of halogens is 2. The van der Waals surface area contributed by atoms with E-state index in [4.69, 9.17) is 21.1 Å². The number of amides is 1. The molecule has 2 aromatic carbocycles. The molecule has 1 amide bonds. The van der Waals surface area contributed by atoms with Gasteiger partial charge < -0.3 is 14.8 Å². The highest BCUT2D eigenvalue weighted by atomic mass is 35.5. The van der Waals surface area contributed by atoms with Crippen molar-refractivity contribution in [3.05, 3.63) is 58.9 Å². The number of carbonyl (C=O) groups is 1. The van der Waals surface area contributed by atoms with Gasteiger partial charge in [0.25, 0.3) is 5.91 Å². The van der Waals surface area contributed by atoms with Gasteiger partial charge in [0.05, 0.1) is 11.7 Å². The Morgan fingerprint density at radius 3 is 2.79 bits per heavy atom. The standard InChI is InChI=1S/C18H17ClFNO3/c19-12-3-8-17(20)16(10-12)18(22)21-13-4-6-14(7-5-13)24-11-15-2-1-9-23-15/h3-8,10,15H,1-2,9,11H2,(H,21,22). The Morgan fingerprint density at radius 1 is 1.29 bits per heavy atom. The molecule has 24 heavy (non-hydrogen) atoms. The number of ether oxygens (including phenoxy) is 2. The average Bonchev–Trinajstić information content (AvgIpc) is 3.10. The van der Waals surface area contributed by atoms with Gasteiger partial charge in [-0.05, 0) is 55.3 Å². The Kier molecular flexibility index (Phi) is 5.33. The summed E-state index contributed by atoms with van der Waals surface area (Å²) in [6.07, 6.45) is 2.23. The number of benzene rings is 2. The first kappa shape index (κ1) is 16.7. The van der Waals surface area contributed by atoms with Gasteiger partial charge in [0.2, 0.25) is 0 Å². The van der Waals surface area contributed by atoms with Gasteiger partial charge in [-0.25, -0.2) is 4.39 Å². The lowest BCUT2D eigenvalue weighted by Gasteiger charge is -2.12. The van der Waals surface area contributed by atoms with Crippen LogP contribution in [-0.2, 0) is 4.74 Å². The van der Waals surface area contributed by atoms with Crippen LogP contribution >= 0.6 is 11.6 Å². The molecule has 1 aliphatic rings. The summed E-state index contributed by atoms with van der Waals surface area (Å²) >= 11 is 5.80. The van der Waals surface area contributed by atoms with Gasteiger partial charge in [-0.3, -0.25) is 4.79 Å². The summed E-state index contributed by atoms with van der Waals surface area (Å²) < 4.78 is 24.8. The van der Waals surface area contributed by atoms with E-state index in [-0.39, 0.29) is 11.7 Å². The minimum atomic E-state index is -0.617. The van der Waals surface area contributed by atoms with Gasteiger partial charge in [-0.1, -0.05) is 11.6 Å². The van der Waals surface area contributed by atoms with E-state index >= 15 is 0 Å². The minimum Gasteiger partial charge on any atom is -0.491 e. The molecule has 1 aliphatic heterocycles. The van der Waals surface area contributed by atoms with E-state index in [0.717, 1.165) is 19.4 Å². The van der Waals surface area contributed by atoms with Crippen LogP contribution in [-0.4, -0.2) is 25.2 Å². The van der Waals surface area contributed by atoms with E-state index in [1.54, 1.807) is 24.3 Å². The molecule has 126 valence electrons. The molecule has 0 spiro atoms. The van der Waals surface area contributed by atoms with E-state index in [0.29, 0.717) is 23.1 Å². The number of anilines is 1. The van der Waals surface area contributed by atoms with Crippen molar-refractivity contribution in [3.63, 3.8) is 0 Å². The topological polar surface area (TPSA) is 47.6 Å². The van der Waals surface area contributed by atoms with E-state index < -0.39 is 11.7 Å². The summed E-state index contributed by atoms with van der Waals surface area (Å²) in [5.74, 6) is -0.478. The Labute approximate surface area is 144 Å². The molecule has 0 saturated carbocycles. The molecule has 4 nitrogen and oxygen atoms in total. The van der Waals surface area contributed by atoms with Gasteiger partial charge in [-0.15, -0.1) is 0 Å². The molecule has 0 aliphatic carbocycles. The van der Waals surface area contributed by atoms with Crippen LogP contribution in [0.3, 0.4) is 0 Å².